The molecule has 4 heteroatoms. The number of fused-ring (bicyclic) bond motifs is 1. The fourth-order valence-corrected chi connectivity index (χ4v) is 2.55. The summed E-state index contributed by atoms with van der Waals surface area (Å²) in [5, 5.41) is 5.06. The van der Waals surface area contributed by atoms with E-state index in [2.05, 4.69) is 6.92 Å². The first kappa shape index (κ1) is 9.68. The quantitative estimate of drug-likeness (QED) is 0.763. The third kappa shape index (κ3) is 1.55. The zero-order chi connectivity index (χ0) is 10.3. The van der Waals surface area contributed by atoms with Gasteiger partial charge in [-0.15, -0.1) is 0 Å². The number of hydrogen-bond acceptors (Lipinski definition) is 2. The summed E-state index contributed by atoms with van der Waals surface area (Å²) in [6, 6.07) is 5.18. The first-order valence-electron chi connectivity index (χ1n) is 4.64. The summed E-state index contributed by atoms with van der Waals surface area (Å²) >= 11 is 0. The number of nitrogens with two attached hydrogens (primary N) is 1. The Bertz CT molecular complexity index is 465. The largest absolute Gasteiger partial charge is 0.238 e. The van der Waals surface area contributed by atoms with Crippen molar-refractivity contribution in [2.75, 3.05) is 0 Å². The molecule has 1 aromatic carbocycles. The first-order chi connectivity index (χ1) is 6.48. The summed E-state index contributed by atoms with van der Waals surface area (Å²) < 4.78 is 22.2. The number of benzene rings is 1. The van der Waals surface area contributed by atoms with Crippen LogP contribution in [-0.4, -0.2) is 8.42 Å². The van der Waals surface area contributed by atoms with Crippen LogP contribution in [0.2, 0.25) is 0 Å². The van der Waals surface area contributed by atoms with Crippen molar-refractivity contribution in [3.05, 3.63) is 29.3 Å². The standard InChI is InChI=1S/C10H13NO2S/c1-7-2-3-8-6-9(14(11,12)13)4-5-10(7)8/h4-7H,2-3H2,1H3,(H2,11,12,13). The van der Waals surface area contributed by atoms with Gasteiger partial charge in [-0.3, -0.25) is 0 Å². The molecule has 2 N–H and O–H groups in total. The van der Waals surface area contributed by atoms with Gasteiger partial charge in [0.1, 0.15) is 0 Å². The molecule has 14 heavy (non-hydrogen) atoms. The topological polar surface area (TPSA) is 60.2 Å². The number of hydrogen-bond donors (Lipinski definition) is 1. The van der Waals surface area contributed by atoms with E-state index in [4.69, 9.17) is 5.14 Å². The molecule has 1 aliphatic carbocycles. The lowest BCUT2D eigenvalue weighted by Gasteiger charge is -2.05. The molecule has 1 unspecified atom stereocenters. The number of rotatable bonds is 1. The molecule has 0 heterocycles. The average molecular weight is 211 g/mol. The van der Waals surface area contributed by atoms with Crippen LogP contribution < -0.4 is 5.14 Å². The smallest absolute Gasteiger partial charge is 0.225 e. The summed E-state index contributed by atoms with van der Waals surface area (Å²) in [6.07, 6.45) is 2.06. The SMILES string of the molecule is CC1CCc2cc(S(N)(=O)=O)ccc21. The molecule has 2 rings (SSSR count). The van der Waals surface area contributed by atoms with Crippen LogP contribution in [0.3, 0.4) is 0 Å². The van der Waals surface area contributed by atoms with Crippen LogP contribution in [0.1, 0.15) is 30.4 Å². The van der Waals surface area contributed by atoms with Crippen molar-refractivity contribution in [1.82, 2.24) is 0 Å². The summed E-state index contributed by atoms with van der Waals surface area (Å²) in [4.78, 5) is 0.227. The number of sulfonamides is 1. The molecule has 0 radical (unpaired) electrons. The van der Waals surface area contributed by atoms with Gasteiger partial charge in [-0.25, -0.2) is 13.6 Å². The third-order valence-electron chi connectivity index (χ3n) is 2.82. The van der Waals surface area contributed by atoms with Crippen molar-refractivity contribution >= 4 is 10.0 Å². The maximum absolute atomic E-state index is 11.1. The molecule has 0 aliphatic heterocycles. The second-order valence-electron chi connectivity index (χ2n) is 3.85. The zero-order valence-electron chi connectivity index (χ0n) is 8.03. The third-order valence-corrected chi connectivity index (χ3v) is 3.73. The fraction of sp³-hybridized carbons (Fsp3) is 0.400. The van der Waals surface area contributed by atoms with Crippen molar-refractivity contribution in [2.45, 2.75) is 30.6 Å². The van der Waals surface area contributed by atoms with E-state index in [1.165, 1.54) is 5.56 Å². The highest BCUT2D eigenvalue weighted by molar-refractivity contribution is 7.89. The Morgan fingerprint density at radius 3 is 2.79 bits per heavy atom. The molecule has 1 atom stereocenters. The van der Waals surface area contributed by atoms with Gasteiger partial charge in [0.15, 0.2) is 0 Å². The van der Waals surface area contributed by atoms with Crippen molar-refractivity contribution in [1.29, 1.82) is 0 Å². The Hall–Kier alpha value is -0.870. The molecule has 0 fully saturated rings. The Morgan fingerprint density at radius 2 is 2.14 bits per heavy atom. The molecule has 1 aromatic rings. The minimum absolute atomic E-state index is 0.227. The Balaban J connectivity index is 2.53. The predicted molar refractivity (Wildman–Crippen MR) is 54.6 cm³/mol. The van der Waals surface area contributed by atoms with Gasteiger partial charge in [0, 0.05) is 0 Å². The van der Waals surface area contributed by atoms with Gasteiger partial charge in [-0.1, -0.05) is 13.0 Å². The van der Waals surface area contributed by atoms with Crippen molar-refractivity contribution in [3.8, 4) is 0 Å². The highest BCUT2D eigenvalue weighted by Gasteiger charge is 2.20. The van der Waals surface area contributed by atoms with Gasteiger partial charge >= 0.3 is 0 Å². The summed E-state index contributed by atoms with van der Waals surface area (Å²) in [5.41, 5.74) is 2.39. The number of primary sulfonamides is 1. The van der Waals surface area contributed by atoms with Crippen LogP contribution in [0.25, 0.3) is 0 Å². The van der Waals surface area contributed by atoms with E-state index in [1.54, 1.807) is 12.1 Å². The Morgan fingerprint density at radius 1 is 1.43 bits per heavy atom. The molecule has 0 bridgehead atoms. The van der Waals surface area contributed by atoms with Crippen molar-refractivity contribution in [2.24, 2.45) is 5.14 Å². The van der Waals surface area contributed by atoms with Gasteiger partial charge in [-0.05, 0) is 42.0 Å². The van der Waals surface area contributed by atoms with E-state index < -0.39 is 10.0 Å². The minimum Gasteiger partial charge on any atom is -0.225 e. The van der Waals surface area contributed by atoms with Crippen molar-refractivity contribution < 1.29 is 8.42 Å². The summed E-state index contributed by atoms with van der Waals surface area (Å²) in [5.74, 6) is 0.541. The molecule has 0 aromatic heterocycles. The molecule has 3 nitrogen and oxygen atoms in total. The molecular weight excluding hydrogens is 198 g/mol. The lowest BCUT2D eigenvalue weighted by atomic mass is 10.0. The van der Waals surface area contributed by atoms with Crippen LogP contribution in [0.15, 0.2) is 23.1 Å². The molecule has 0 saturated heterocycles. The van der Waals surface area contributed by atoms with Crippen LogP contribution in [0, 0.1) is 0 Å². The highest BCUT2D eigenvalue weighted by atomic mass is 32.2. The van der Waals surface area contributed by atoms with Gasteiger partial charge in [0.05, 0.1) is 4.90 Å². The second kappa shape index (κ2) is 3.07. The normalized spacial score (nSPS) is 20.9. The Kier molecular flexibility index (Phi) is 2.12. The fourth-order valence-electron chi connectivity index (χ4n) is 1.98. The molecule has 0 amide bonds. The minimum atomic E-state index is -3.54. The number of aryl methyl sites for hydroxylation is 1. The van der Waals surface area contributed by atoms with E-state index in [-0.39, 0.29) is 4.90 Å². The maximum Gasteiger partial charge on any atom is 0.238 e. The molecule has 0 spiro atoms. The monoisotopic (exact) mass is 211 g/mol. The van der Waals surface area contributed by atoms with Gasteiger partial charge in [-0.2, -0.15) is 0 Å². The van der Waals surface area contributed by atoms with Crippen LogP contribution in [0.4, 0.5) is 0 Å². The average Bonchev–Trinajstić information content (AvgIpc) is 2.46. The van der Waals surface area contributed by atoms with Crippen molar-refractivity contribution in [3.63, 3.8) is 0 Å². The lowest BCUT2D eigenvalue weighted by molar-refractivity contribution is 0.597. The molecule has 76 valence electrons. The van der Waals surface area contributed by atoms with Crippen LogP contribution in [-0.2, 0) is 16.4 Å². The summed E-state index contributed by atoms with van der Waals surface area (Å²) in [7, 11) is -3.54. The lowest BCUT2D eigenvalue weighted by Crippen LogP contribution is -2.12. The predicted octanol–water partition coefficient (Wildman–Crippen LogP) is 1.38. The van der Waals surface area contributed by atoms with E-state index in [1.807, 2.05) is 6.07 Å². The highest BCUT2D eigenvalue weighted by Crippen LogP contribution is 2.33. The van der Waals surface area contributed by atoms with Crippen LogP contribution in [0.5, 0.6) is 0 Å². The van der Waals surface area contributed by atoms with Gasteiger partial charge < -0.3 is 0 Å². The van der Waals surface area contributed by atoms with Crippen LogP contribution >= 0.6 is 0 Å². The van der Waals surface area contributed by atoms with E-state index in [0.717, 1.165) is 18.4 Å². The van der Waals surface area contributed by atoms with E-state index in [9.17, 15) is 8.42 Å². The first-order valence-corrected chi connectivity index (χ1v) is 6.19. The van der Waals surface area contributed by atoms with E-state index in [0.29, 0.717) is 5.92 Å². The molecule has 1 aliphatic rings. The maximum atomic E-state index is 11.1. The van der Waals surface area contributed by atoms with Gasteiger partial charge in [0.25, 0.3) is 0 Å². The summed E-state index contributed by atoms with van der Waals surface area (Å²) in [6.45, 7) is 2.16. The van der Waals surface area contributed by atoms with Gasteiger partial charge in [0.2, 0.25) is 10.0 Å². The molecular formula is C10H13NO2S. The Labute approximate surface area is 84.0 Å². The second-order valence-corrected chi connectivity index (χ2v) is 5.41. The zero-order valence-corrected chi connectivity index (χ0v) is 8.84. The molecule has 0 saturated carbocycles. The van der Waals surface area contributed by atoms with E-state index >= 15 is 0 Å².